The first-order valence-electron chi connectivity index (χ1n) is 14.0. The Bertz CT molecular complexity index is 1090. The van der Waals surface area contributed by atoms with Crippen LogP contribution < -0.4 is 4.74 Å². The number of unbranched alkanes of at least 4 members (excludes halogenated alkanes) is 2. The van der Waals surface area contributed by atoms with Gasteiger partial charge < -0.3 is 14.2 Å². The molecule has 2 aromatic rings. The molecule has 0 N–H and O–H groups in total. The molecule has 2 atom stereocenters. The summed E-state index contributed by atoms with van der Waals surface area (Å²) in [5, 5.41) is 0. The summed E-state index contributed by atoms with van der Waals surface area (Å²) in [5.41, 5.74) is 1.15. The maximum absolute atomic E-state index is 13.3. The summed E-state index contributed by atoms with van der Waals surface area (Å²) in [6.07, 6.45) is 12.0. The van der Waals surface area contributed by atoms with Gasteiger partial charge >= 0.3 is 11.9 Å². The van der Waals surface area contributed by atoms with Gasteiger partial charge in [0.15, 0.2) is 0 Å². The molecular formula is C33H43NO5. The average Bonchev–Trinajstić information content (AvgIpc) is 3.39. The zero-order chi connectivity index (χ0) is 28.1. The molecule has 0 aliphatic carbocycles. The standard InChI is InChI=1S/C33H43NO5/c1-32(2,3)39-31(36)29(19-22-33(21-11-24-34-33)23-20-30(35)37-4)27-15-17-28(18-16-27)38-25-10-6-9-14-26-12-7-5-8-13-26/h5,7-8,11-13,15-18,21,24,29H,6,9-10,14,19-20,22-23,25H2,1-4H3. The van der Waals surface area contributed by atoms with E-state index in [4.69, 9.17) is 14.2 Å². The first-order valence-corrected chi connectivity index (χ1v) is 14.0. The SMILES string of the molecule is COC(=O)CCC1(CCC(C(=O)OC(C)(C)C)c2ccc(OCCCCCc3ccccc3)cc2)C=CC=N1. The highest BCUT2D eigenvalue weighted by molar-refractivity contribution is 5.79. The summed E-state index contributed by atoms with van der Waals surface area (Å²) < 4.78 is 16.6. The highest BCUT2D eigenvalue weighted by Gasteiger charge is 2.33. The first kappa shape index (κ1) is 30.1. The maximum atomic E-state index is 13.3. The number of aryl methyl sites for hydroxylation is 1. The number of rotatable bonds is 15. The first-order chi connectivity index (χ1) is 18.7. The minimum atomic E-state index is -0.590. The molecule has 39 heavy (non-hydrogen) atoms. The van der Waals surface area contributed by atoms with Crippen molar-refractivity contribution in [1.29, 1.82) is 0 Å². The summed E-state index contributed by atoms with van der Waals surface area (Å²) in [6.45, 7) is 6.29. The van der Waals surface area contributed by atoms with Crippen molar-refractivity contribution < 1.29 is 23.8 Å². The number of nitrogens with zero attached hydrogens (tertiary/aromatic N) is 1. The minimum Gasteiger partial charge on any atom is -0.494 e. The predicted octanol–water partition coefficient (Wildman–Crippen LogP) is 7.02. The Morgan fingerprint density at radius 3 is 2.33 bits per heavy atom. The van der Waals surface area contributed by atoms with Crippen LogP contribution in [0.3, 0.4) is 0 Å². The van der Waals surface area contributed by atoms with Crippen LogP contribution in [0.2, 0.25) is 0 Å². The van der Waals surface area contributed by atoms with E-state index in [0.29, 0.717) is 25.9 Å². The van der Waals surface area contributed by atoms with Crippen molar-refractivity contribution >= 4 is 18.2 Å². The molecule has 0 fully saturated rings. The van der Waals surface area contributed by atoms with Gasteiger partial charge in [-0.2, -0.15) is 0 Å². The second kappa shape index (κ2) is 14.7. The van der Waals surface area contributed by atoms with E-state index in [2.05, 4.69) is 29.3 Å². The number of allylic oxidation sites excluding steroid dienone is 1. The molecule has 210 valence electrons. The number of ether oxygens (including phenoxy) is 3. The number of aliphatic imine (C=N–C) groups is 1. The van der Waals surface area contributed by atoms with Crippen molar-refractivity contribution in [2.45, 2.75) is 89.2 Å². The van der Waals surface area contributed by atoms with Crippen molar-refractivity contribution in [3.05, 3.63) is 77.9 Å². The zero-order valence-corrected chi connectivity index (χ0v) is 23.9. The van der Waals surface area contributed by atoms with Gasteiger partial charge in [-0.1, -0.05) is 48.5 Å². The van der Waals surface area contributed by atoms with Crippen LogP contribution in [-0.2, 0) is 25.5 Å². The maximum Gasteiger partial charge on any atom is 0.313 e. The van der Waals surface area contributed by atoms with Gasteiger partial charge in [0.25, 0.3) is 0 Å². The number of benzene rings is 2. The van der Waals surface area contributed by atoms with Crippen LogP contribution in [0.25, 0.3) is 0 Å². The third-order valence-electron chi connectivity index (χ3n) is 6.87. The molecule has 0 saturated heterocycles. The van der Waals surface area contributed by atoms with Crippen LogP contribution in [0.4, 0.5) is 0 Å². The van der Waals surface area contributed by atoms with Crippen molar-refractivity contribution in [1.82, 2.24) is 0 Å². The van der Waals surface area contributed by atoms with Gasteiger partial charge in [-0.15, -0.1) is 0 Å². The molecule has 2 aromatic carbocycles. The number of carbonyl (C=O) groups excluding carboxylic acids is 2. The Balaban J connectivity index is 1.57. The molecule has 0 saturated carbocycles. The quantitative estimate of drug-likeness (QED) is 0.182. The van der Waals surface area contributed by atoms with Crippen molar-refractivity contribution in [2.24, 2.45) is 4.99 Å². The lowest BCUT2D eigenvalue weighted by molar-refractivity contribution is -0.157. The Morgan fingerprint density at radius 1 is 0.949 bits per heavy atom. The fraction of sp³-hybridized carbons (Fsp3) is 0.485. The van der Waals surface area contributed by atoms with Gasteiger partial charge in [0, 0.05) is 12.6 Å². The molecule has 0 radical (unpaired) electrons. The molecule has 0 bridgehead atoms. The lowest BCUT2D eigenvalue weighted by Gasteiger charge is -2.28. The second-order valence-electron chi connectivity index (χ2n) is 11.2. The van der Waals surface area contributed by atoms with E-state index in [1.54, 1.807) is 6.21 Å². The van der Waals surface area contributed by atoms with Crippen molar-refractivity contribution in [3.8, 4) is 5.75 Å². The second-order valence-corrected chi connectivity index (χ2v) is 11.2. The summed E-state index contributed by atoms with van der Waals surface area (Å²) in [5.74, 6) is -0.179. The molecule has 6 heteroatoms. The van der Waals surface area contributed by atoms with Crippen molar-refractivity contribution in [3.63, 3.8) is 0 Å². The van der Waals surface area contributed by atoms with Gasteiger partial charge in [0.05, 0.1) is 25.2 Å². The number of hydrogen-bond acceptors (Lipinski definition) is 6. The van der Waals surface area contributed by atoms with Gasteiger partial charge in [-0.25, -0.2) is 0 Å². The van der Waals surface area contributed by atoms with E-state index >= 15 is 0 Å². The summed E-state index contributed by atoms with van der Waals surface area (Å²) in [4.78, 5) is 29.7. The largest absolute Gasteiger partial charge is 0.494 e. The Morgan fingerprint density at radius 2 is 1.69 bits per heavy atom. The van der Waals surface area contributed by atoms with Gasteiger partial charge in [0.2, 0.25) is 0 Å². The summed E-state index contributed by atoms with van der Waals surface area (Å²) in [7, 11) is 1.39. The fourth-order valence-electron chi connectivity index (χ4n) is 4.72. The van der Waals surface area contributed by atoms with Gasteiger partial charge in [-0.3, -0.25) is 14.6 Å². The summed E-state index contributed by atoms with van der Waals surface area (Å²) >= 11 is 0. The van der Waals surface area contributed by atoms with E-state index in [-0.39, 0.29) is 18.4 Å². The van der Waals surface area contributed by atoms with Crippen LogP contribution in [-0.4, -0.2) is 43.0 Å². The van der Waals surface area contributed by atoms with E-state index in [1.807, 2.05) is 63.3 Å². The number of methoxy groups -OCH3 is 1. The molecule has 2 unspecified atom stereocenters. The molecule has 1 aliphatic heterocycles. The third kappa shape index (κ3) is 10.3. The van der Waals surface area contributed by atoms with E-state index < -0.39 is 17.1 Å². The number of esters is 2. The summed E-state index contributed by atoms with van der Waals surface area (Å²) in [6, 6.07) is 18.3. The van der Waals surface area contributed by atoms with Crippen LogP contribution in [0.5, 0.6) is 5.75 Å². The van der Waals surface area contributed by atoms with E-state index in [0.717, 1.165) is 37.0 Å². The molecule has 0 amide bonds. The monoisotopic (exact) mass is 533 g/mol. The highest BCUT2D eigenvalue weighted by atomic mass is 16.6. The molecule has 0 spiro atoms. The van der Waals surface area contributed by atoms with Crippen LogP contribution >= 0.6 is 0 Å². The highest BCUT2D eigenvalue weighted by Crippen LogP contribution is 2.35. The average molecular weight is 534 g/mol. The molecule has 1 heterocycles. The van der Waals surface area contributed by atoms with E-state index in [1.165, 1.54) is 12.7 Å². The lowest BCUT2D eigenvalue weighted by atomic mass is 9.84. The third-order valence-corrected chi connectivity index (χ3v) is 6.87. The van der Waals surface area contributed by atoms with Gasteiger partial charge in [-0.05, 0) is 95.1 Å². The van der Waals surface area contributed by atoms with Crippen LogP contribution in [0.15, 0.2) is 71.7 Å². The zero-order valence-electron chi connectivity index (χ0n) is 23.9. The molecular weight excluding hydrogens is 490 g/mol. The number of hydrogen-bond donors (Lipinski definition) is 0. The molecule has 3 rings (SSSR count). The lowest BCUT2D eigenvalue weighted by Crippen LogP contribution is -2.30. The molecule has 0 aromatic heterocycles. The normalized spacial score (nSPS) is 17.1. The fourth-order valence-corrected chi connectivity index (χ4v) is 4.72. The molecule has 1 aliphatic rings. The smallest absolute Gasteiger partial charge is 0.313 e. The van der Waals surface area contributed by atoms with Crippen molar-refractivity contribution in [2.75, 3.05) is 13.7 Å². The van der Waals surface area contributed by atoms with Crippen LogP contribution in [0, 0.1) is 0 Å². The van der Waals surface area contributed by atoms with Crippen LogP contribution in [0.1, 0.15) is 82.8 Å². The molecule has 6 nitrogen and oxygen atoms in total. The van der Waals surface area contributed by atoms with Gasteiger partial charge in [0.1, 0.15) is 11.4 Å². The Labute approximate surface area is 233 Å². The Hall–Kier alpha value is -3.41. The number of carbonyl (C=O) groups is 2. The topological polar surface area (TPSA) is 74.2 Å². The Kier molecular flexibility index (Phi) is 11.3. The van der Waals surface area contributed by atoms with E-state index in [9.17, 15) is 9.59 Å². The minimum absolute atomic E-state index is 0.261. The predicted molar refractivity (Wildman–Crippen MR) is 155 cm³/mol.